The molecule has 0 N–H and O–H groups in total. The van der Waals surface area contributed by atoms with Crippen molar-refractivity contribution in [2.45, 2.75) is 32.6 Å². The molecule has 0 aromatic carbocycles. The summed E-state index contributed by atoms with van der Waals surface area (Å²) < 4.78 is 28.6. The van der Waals surface area contributed by atoms with E-state index < -0.39 is 13.0 Å². The predicted octanol–water partition coefficient (Wildman–Crippen LogP) is 2.42. The number of ether oxygens (including phenoxy) is 1. The maximum atomic E-state index is 11.9. The van der Waals surface area contributed by atoms with E-state index in [2.05, 4.69) is 9.97 Å². The molecule has 0 spiro atoms. The highest BCUT2D eigenvalue weighted by molar-refractivity contribution is 5.12. The van der Waals surface area contributed by atoms with Gasteiger partial charge in [0.25, 0.3) is 6.43 Å². The maximum Gasteiger partial charge on any atom is 0.272 e. The van der Waals surface area contributed by atoms with Crippen LogP contribution in [-0.4, -0.2) is 23.0 Å². The number of halogens is 2. The summed E-state index contributed by atoms with van der Waals surface area (Å²) in [5.41, 5.74) is -0.218. The largest absolute Gasteiger partial charge is 0.472 e. The molecule has 0 radical (unpaired) electrons. The zero-order valence-corrected chi connectivity index (χ0v) is 9.00. The number of alkyl halides is 2. The molecule has 0 aliphatic rings. The first kappa shape index (κ1) is 11.8. The topological polar surface area (TPSA) is 35.0 Å². The second-order valence-corrected chi connectivity index (χ2v) is 4.17. The van der Waals surface area contributed by atoms with E-state index in [9.17, 15) is 8.78 Å². The van der Waals surface area contributed by atoms with Gasteiger partial charge in [-0.2, -0.15) is 4.98 Å². The van der Waals surface area contributed by atoms with E-state index in [1.807, 2.05) is 20.8 Å². The molecule has 0 fully saturated rings. The van der Waals surface area contributed by atoms with E-state index in [1.54, 1.807) is 0 Å². The highest BCUT2D eigenvalue weighted by Crippen LogP contribution is 2.19. The molecule has 3 nitrogen and oxygen atoms in total. The first-order chi connectivity index (χ1) is 6.89. The van der Waals surface area contributed by atoms with Crippen LogP contribution in [0.3, 0.4) is 0 Å². The summed E-state index contributed by atoms with van der Waals surface area (Å²) in [7, 11) is 0. The van der Waals surface area contributed by atoms with Crippen LogP contribution in [-0.2, 0) is 5.41 Å². The zero-order chi connectivity index (χ0) is 11.5. The fourth-order valence-electron chi connectivity index (χ4n) is 0.932. The third-order valence-corrected chi connectivity index (χ3v) is 1.66. The van der Waals surface area contributed by atoms with E-state index in [-0.39, 0.29) is 11.3 Å². The molecule has 0 bridgehead atoms. The van der Waals surface area contributed by atoms with Crippen molar-refractivity contribution in [1.29, 1.82) is 0 Å². The summed E-state index contributed by atoms with van der Waals surface area (Å²) in [6, 6.07) is 1.47. The molecule has 1 aromatic heterocycles. The minimum Gasteiger partial charge on any atom is -0.472 e. The summed E-state index contributed by atoms with van der Waals surface area (Å²) in [4.78, 5) is 8.11. The van der Waals surface area contributed by atoms with E-state index in [1.165, 1.54) is 12.3 Å². The molecule has 0 saturated heterocycles. The highest BCUT2D eigenvalue weighted by Gasteiger charge is 2.17. The highest BCUT2D eigenvalue weighted by atomic mass is 19.3. The fourth-order valence-corrected chi connectivity index (χ4v) is 0.932. The molecule has 1 heterocycles. The Labute approximate surface area is 87.5 Å². The van der Waals surface area contributed by atoms with Crippen molar-refractivity contribution in [2.75, 3.05) is 6.61 Å². The normalized spacial score (nSPS) is 11.9. The van der Waals surface area contributed by atoms with Crippen molar-refractivity contribution in [2.24, 2.45) is 0 Å². The SMILES string of the molecule is CC(C)(C)c1nccc(OCC(F)F)n1. The summed E-state index contributed by atoms with van der Waals surface area (Å²) in [5, 5.41) is 0. The van der Waals surface area contributed by atoms with Gasteiger partial charge >= 0.3 is 0 Å². The van der Waals surface area contributed by atoms with Crippen molar-refractivity contribution in [1.82, 2.24) is 9.97 Å². The number of aromatic nitrogens is 2. The van der Waals surface area contributed by atoms with Gasteiger partial charge in [-0.1, -0.05) is 20.8 Å². The van der Waals surface area contributed by atoms with Crippen LogP contribution in [0.4, 0.5) is 8.78 Å². The standard InChI is InChI=1S/C10H14F2N2O/c1-10(2,3)9-13-5-4-8(14-9)15-6-7(11)12/h4-5,7H,6H2,1-3H3. The molecule has 0 unspecified atom stereocenters. The molecule has 0 amide bonds. The van der Waals surface area contributed by atoms with Crippen molar-refractivity contribution < 1.29 is 13.5 Å². The third-order valence-electron chi connectivity index (χ3n) is 1.66. The fraction of sp³-hybridized carbons (Fsp3) is 0.600. The van der Waals surface area contributed by atoms with Crippen LogP contribution >= 0.6 is 0 Å². The Morgan fingerprint density at radius 2 is 2.07 bits per heavy atom. The van der Waals surface area contributed by atoms with Crippen LogP contribution < -0.4 is 4.74 Å². The molecule has 15 heavy (non-hydrogen) atoms. The van der Waals surface area contributed by atoms with Gasteiger partial charge in [-0.05, 0) is 0 Å². The van der Waals surface area contributed by atoms with Gasteiger partial charge < -0.3 is 4.74 Å². The Kier molecular flexibility index (Phi) is 3.55. The first-order valence-corrected chi connectivity index (χ1v) is 4.64. The van der Waals surface area contributed by atoms with Gasteiger partial charge in [0.1, 0.15) is 5.82 Å². The van der Waals surface area contributed by atoms with Gasteiger partial charge in [0.15, 0.2) is 6.61 Å². The van der Waals surface area contributed by atoms with Crippen molar-refractivity contribution in [3.8, 4) is 5.88 Å². The molecule has 0 aliphatic carbocycles. The number of hydrogen-bond acceptors (Lipinski definition) is 3. The monoisotopic (exact) mass is 216 g/mol. The average Bonchev–Trinajstić information content (AvgIpc) is 2.14. The van der Waals surface area contributed by atoms with Crippen LogP contribution in [0.1, 0.15) is 26.6 Å². The second kappa shape index (κ2) is 4.51. The first-order valence-electron chi connectivity index (χ1n) is 4.64. The Morgan fingerprint density at radius 3 is 2.60 bits per heavy atom. The lowest BCUT2D eigenvalue weighted by Crippen LogP contribution is -2.17. The van der Waals surface area contributed by atoms with Crippen LogP contribution in [0.2, 0.25) is 0 Å². The van der Waals surface area contributed by atoms with Crippen molar-refractivity contribution in [3.05, 3.63) is 18.1 Å². The Balaban J connectivity index is 2.75. The Bertz CT molecular complexity index is 323. The molecular weight excluding hydrogens is 202 g/mol. The molecule has 0 aliphatic heterocycles. The molecule has 0 saturated carbocycles. The van der Waals surface area contributed by atoms with Gasteiger partial charge in [0, 0.05) is 17.7 Å². The molecule has 0 atom stereocenters. The summed E-state index contributed by atoms with van der Waals surface area (Å²) >= 11 is 0. The van der Waals surface area contributed by atoms with Gasteiger partial charge in [-0.15, -0.1) is 0 Å². The Hall–Kier alpha value is -1.26. The van der Waals surface area contributed by atoms with E-state index in [0.717, 1.165) is 0 Å². The van der Waals surface area contributed by atoms with Crippen LogP contribution in [0, 0.1) is 0 Å². The molecule has 1 aromatic rings. The lowest BCUT2D eigenvalue weighted by molar-refractivity contribution is 0.0792. The predicted molar refractivity (Wildman–Crippen MR) is 52.2 cm³/mol. The van der Waals surface area contributed by atoms with Crippen LogP contribution in [0.15, 0.2) is 12.3 Å². The molecule has 84 valence electrons. The Morgan fingerprint density at radius 1 is 1.40 bits per heavy atom. The molecule has 5 heteroatoms. The van der Waals surface area contributed by atoms with Gasteiger partial charge in [-0.25, -0.2) is 13.8 Å². The third kappa shape index (κ3) is 3.77. The number of nitrogens with zero attached hydrogens (tertiary/aromatic N) is 2. The van der Waals surface area contributed by atoms with Gasteiger partial charge in [0.05, 0.1) is 0 Å². The van der Waals surface area contributed by atoms with E-state index in [4.69, 9.17) is 4.74 Å². The van der Waals surface area contributed by atoms with Crippen LogP contribution in [0.25, 0.3) is 0 Å². The number of hydrogen-bond donors (Lipinski definition) is 0. The maximum absolute atomic E-state index is 11.9. The van der Waals surface area contributed by atoms with Gasteiger partial charge in [0.2, 0.25) is 5.88 Å². The molecule has 1 rings (SSSR count). The van der Waals surface area contributed by atoms with Crippen molar-refractivity contribution >= 4 is 0 Å². The average molecular weight is 216 g/mol. The quantitative estimate of drug-likeness (QED) is 0.778. The minimum atomic E-state index is -2.49. The lowest BCUT2D eigenvalue weighted by Gasteiger charge is -2.16. The summed E-state index contributed by atoms with van der Waals surface area (Å²) in [6.07, 6.45) is -0.980. The van der Waals surface area contributed by atoms with E-state index >= 15 is 0 Å². The van der Waals surface area contributed by atoms with Gasteiger partial charge in [-0.3, -0.25) is 0 Å². The lowest BCUT2D eigenvalue weighted by atomic mass is 9.96. The van der Waals surface area contributed by atoms with Crippen molar-refractivity contribution in [3.63, 3.8) is 0 Å². The summed E-state index contributed by atoms with van der Waals surface area (Å²) in [6.45, 7) is 5.19. The molecular formula is C10H14F2N2O. The van der Waals surface area contributed by atoms with E-state index in [0.29, 0.717) is 5.82 Å². The minimum absolute atomic E-state index is 0.190. The zero-order valence-electron chi connectivity index (χ0n) is 9.00. The second-order valence-electron chi connectivity index (χ2n) is 4.17. The smallest absolute Gasteiger partial charge is 0.272 e. The number of rotatable bonds is 3. The summed E-state index contributed by atoms with van der Waals surface area (Å²) in [5.74, 6) is 0.768. The van der Waals surface area contributed by atoms with Crippen LogP contribution in [0.5, 0.6) is 5.88 Å².